The first-order valence-electron chi connectivity index (χ1n) is 5.28. The maximum Gasteiger partial charge on any atom is 0.129 e. The Morgan fingerprint density at radius 1 is 1.33 bits per heavy atom. The van der Waals surface area contributed by atoms with Crippen molar-refractivity contribution in [2.45, 2.75) is 19.3 Å². The molecule has 2 rings (SSSR count). The molecule has 0 unspecified atom stereocenters. The van der Waals surface area contributed by atoms with Crippen molar-refractivity contribution in [1.82, 2.24) is 4.98 Å². The Morgan fingerprint density at radius 3 is 2.73 bits per heavy atom. The number of piperidine rings is 1. The van der Waals surface area contributed by atoms with Crippen LogP contribution >= 0.6 is 12.2 Å². The lowest BCUT2D eigenvalue weighted by Gasteiger charge is -2.27. The lowest BCUT2D eigenvalue weighted by molar-refractivity contribution is 0.573. The van der Waals surface area contributed by atoms with Crippen LogP contribution in [0.2, 0.25) is 0 Å². The third-order valence-corrected chi connectivity index (χ3v) is 2.95. The Balaban J connectivity index is 2.19. The van der Waals surface area contributed by atoms with Crippen LogP contribution in [0.1, 0.15) is 24.8 Å². The summed E-state index contributed by atoms with van der Waals surface area (Å²) in [5.41, 5.74) is 6.50. The van der Waals surface area contributed by atoms with E-state index in [-0.39, 0.29) is 0 Å². The second kappa shape index (κ2) is 4.57. The standard InChI is InChI=1S/C11H15N3S/c12-11(15)9-4-5-13-10(8-9)14-6-2-1-3-7-14/h4-5,8H,1-3,6-7H2,(H2,12,15). The first kappa shape index (κ1) is 10.4. The van der Waals surface area contributed by atoms with Crippen LogP contribution in [-0.2, 0) is 0 Å². The van der Waals surface area contributed by atoms with Gasteiger partial charge in [-0.05, 0) is 31.4 Å². The average molecular weight is 221 g/mol. The van der Waals surface area contributed by atoms with Gasteiger partial charge in [-0.1, -0.05) is 12.2 Å². The highest BCUT2D eigenvalue weighted by Crippen LogP contribution is 2.18. The van der Waals surface area contributed by atoms with E-state index in [1.807, 2.05) is 12.1 Å². The molecule has 2 heterocycles. The molecule has 1 aromatic rings. The summed E-state index contributed by atoms with van der Waals surface area (Å²) < 4.78 is 0. The fraction of sp³-hybridized carbons (Fsp3) is 0.455. The Labute approximate surface area is 95.3 Å². The van der Waals surface area contributed by atoms with Crippen LogP contribution in [0.3, 0.4) is 0 Å². The molecule has 0 spiro atoms. The fourth-order valence-electron chi connectivity index (χ4n) is 1.87. The topological polar surface area (TPSA) is 42.1 Å². The molecule has 0 atom stereocenters. The van der Waals surface area contributed by atoms with Crippen molar-refractivity contribution in [3.63, 3.8) is 0 Å². The number of nitrogens with two attached hydrogens (primary N) is 1. The molecule has 1 saturated heterocycles. The molecule has 80 valence electrons. The van der Waals surface area contributed by atoms with E-state index < -0.39 is 0 Å². The Bertz CT molecular complexity index is 359. The van der Waals surface area contributed by atoms with Crippen molar-refractivity contribution >= 4 is 23.0 Å². The van der Waals surface area contributed by atoms with Crippen LogP contribution < -0.4 is 10.6 Å². The molecule has 1 aliphatic heterocycles. The number of pyridine rings is 1. The van der Waals surface area contributed by atoms with Crippen molar-refractivity contribution < 1.29 is 0 Å². The highest BCUT2D eigenvalue weighted by Gasteiger charge is 2.12. The zero-order valence-corrected chi connectivity index (χ0v) is 9.46. The van der Waals surface area contributed by atoms with E-state index in [1.165, 1.54) is 19.3 Å². The number of hydrogen-bond donors (Lipinski definition) is 1. The monoisotopic (exact) mass is 221 g/mol. The van der Waals surface area contributed by atoms with Gasteiger partial charge in [0.25, 0.3) is 0 Å². The molecule has 3 nitrogen and oxygen atoms in total. The molecule has 0 aliphatic carbocycles. The smallest absolute Gasteiger partial charge is 0.129 e. The number of nitrogens with zero attached hydrogens (tertiary/aromatic N) is 2. The van der Waals surface area contributed by atoms with E-state index in [2.05, 4.69) is 9.88 Å². The lowest BCUT2D eigenvalue weighted by Crippen LogP contribution is -2.30. The molecule has 1 aromatic heterocycles. The van der Waals surface area contributed by atoms with Crippen molar-refractivity contribution in [2.75, 3.05) is 18.0 Å². The molecule has 0 amide bonds. The van der Waals surface area contributed by atoms with E-state index in [9.17, 15) is 0 Å². The van der Waals surface area contributed by atoms with E-state index in [0.717, 1.165) is 24.5 Å². The van der Waals surface area contributed by atoms with Gasteiger partial charge in [0.15, 0.2) is 0 Å². The average Bonchev–Trinajstić information content (AvgIpc) is 2.30. The van der Waals surface area contributed by atoms with Crippen molar-refractivity contribution in [3.8, 4) is 0 Å². The minimum Gasteiger partial charge on any atom is -0.389 e. The maximum absolute atomic E-state index is 5.60. The van der Waals surface area contributed by atoms with Crippen molar-refractivity contribution in [1.29, 1.82) is 0 Å². The van der Waals surface area contributed by atoms with E-state index in [0.29, 0.717) is 4.99 Å². The van der Waals surface area contributed by atoms with Crippen LogP contribution in [0.15, 0.2) is 18.3 Å². The van der Waals surface area contributed by atoms with E-state index in [4.69, 9.17) is 18.0 Å². The lowest BCUT2D eigenvalue weighted by atomic mass is 10.1. The van der Waals surface area contributed by atoms with Crippen LogP contribution in [0.5, 0.6) is 0 Å². The Kier molecular flexibility index (Phi) is 3.16. The molecule has 1 aliphatic rings. The summed E-state index contributed by atoms with van der Waals surface area (Å²) in [5, 5.41) is 0. The summed E-state index contributed by atoms with van der Waals surface area (Å²) in [6.45, 7) is 2.18. The predicted octanol–water partition coefficient (Wildman–Crippen LogP) is 1.71. The highest BCUT2D eigenvalue weighted by atomic mass is 32.1. The Morgan fingerprint density at radius 2 is 2.07 bits per heavy atom. The summed E-state index contributed by atoms with van der Waals surface area (Å²) >= 11 is 4.95. The summed E-state index contributed by atoms with van der Waals surface area (Å²) in [4.78, 5) is 7.09. The van der Waals surface area contributed by atoms with Crippen molar-refractivity contribution in [2.24, 2.45) is 5.73 Å². The molecular weight excluding hydrogens is 206 g/mol. The molecule has 0 aromatic carbocycles. The van der Waals surface area contributed by atoms with Gasteiger partial charge in [-0.15, -0.1) is 0 Å². The van der Waals surface area contributed by atoms with Crippen LogP contribution in [0.25, 0.3) is 0 Å². The van der Waals surface area contributed by atoms with E-state index >= 15 is 0 Å². The predicted molar refractivity (Wildman–Crippen MR) is 66.2 cm³/mol. The number of rotatable bonds is 2. The van der Waals surface area contributed by atoms with Crippen LogP contribution in [0.4, 0.5) is 5.82 Å². The third-order valence-electron chi connectivity index (χ3n) is 2.71. The first-order valence-corrected chi connectivity index (χ1v) is 5.69. The first-order chi connectivity index (χ1) is 7.27. The number of hydrogen-bond acceptors (Lipinski definition) is 3. The zero-order valence-electron chi connectivity index (χ0n) is 8.65. The second-order valence-corrected chi connectivity index (χ2v) is 4.25. The molecule has 15 heavy (non-hydrogen) atoms. The molecule has 0 bridgehead atoms. The van der Waals surface area contributed by atoms with Crippen LogP contribution in [0, 0.1) is 0 Å². The summed E-state index contributed by atoms with van der Waals surface area (Å²) in [6.07, 6.45) is 5.60. The van der Waals surface area contributed by atoms with Gasteiger partial charge in [0, 0.05) is 24.8 Å². The zero-order chi connectivity index (χ0) is 10.7. The van der Waals surface area contributed by atoms with Gasteiger partial charge in [-0.3, -0.25) is 0 Å². The second-order valence-electron chi connectivity index (χ2n) is 3.81. The van der Waals surface area contributed by atoms with Crippen molar-refractivity contribution in [3.05, 3.63) is 23.9 Å². The molecule has 0 saturated carbocycles. The number of anilines is 1. The summed E-state index contributed by atoms with van der Waals surface area (Å²) in [7, 11) is 0. The summed E-state index contributed by atoms with van der Waals surface area (Å²) in [5.74, 6) is 1.00. The van der Waals surface area contributed by atoms with Gasteiger partial charge in [0.1, 0.15) is 10.8 Å². The number of aromatic nitrogens is 1. The number of thiocarbonyl (C=S) groups is 1. The largest absolute Gasteiger partial charge is 0.389 e. The SMILES string of the molecule is NC(=S)c1ccnc(N2CCCCC2)c1. The fourth-order valence-corrected chi connectivity index (χ4v) is 1.99. The molecule has 4 heteroatoms. The third kappa shape index (κ3) is 2.45. The van der Waals surface area contributed by atoms with Gasteiger partial charge >= 0.3 is 0 Å². The van der Waals surface area contributed by atoms with Crippen LogP contribution in [-0.4, -0.2) is 23.1 Å². The van der Waals surface area contributed by atoms with Gasteiger partial charge < -0.3 is 10.6 Å². The minimum atomic E-state index is 0.440. The quantitative estimate of drug-likeness (QED) is 0.772. The molecule has 1 fully saturated rings. The van der Waals surface area contributed by atoms with E-state index in [1.54, 1.807) is 6.20 Å². The van der Waals surface area contributed by atoms with Gasteiger partial charge in [-0.25, -0.2) is 4.98 Å². The molecule has 0 radical (unpaired) electrons. The summed E-state index contributed by atoms with van der Waals surface area (Å²) in [6, 6.07) is 3.84. The molecular formula is C11H15N3S. The van der Waals surface area contributed by atoms with Gasteiger partial charge in [0.2, 0.25) is 0 Å². The van der Waals surface area contributed by atoms with Gasteiger partial charge in [-0.2, -0.15) is 0 Å². The highest BCUT2D eigenvalue weighted by molar-refractivity contribution is 7.80. The molecule has 2 N–H and O–H groups in total. The Hall–Kier alpha value is -1.16. The normalized spacial score (nSPS) is 16.4. The maximum atomic E-state index is 5.60. The van der Waals surface area contributed by atoms with Gasteiger partial charge in [0.05, 0.1) is 0 Å². The minimum absolute atomic E-state index is 0.440.